The van der Waals surface area contributed by atoms with E-state index >= 15 is 0 Å². The largest absolute Gasteiger partial charge is 0.489 e. The van der Waals surface area contributed by atoms with E-state index < -0.39 is 0 Å². The van der Waals surface area contributed by atoms with Crippen LogP contribution < -0.4 is 9.47 Å². The summed E-state index contributed by atoms with van der Waals surface area (Å²) in [4.78, 5) is 12.7. The lowest BCUT2D eigenvalue weighted by molar-refractivity contribution is -0.134. The van der Waals surface area contributed by atoms with Crippen LogP contribution in [0.2, 0.25) is 0 Å². The Labute approximate surface area is 142 Å². The highest BCUT2D eigenvalue weighted by molar-refractivity contribution is 7.98. The molecule has 0 unspecified atom stereocenters. The van der Waals surface area contributed by atoms with Crippen LogP contribution in [0.1, 0.15) is 31.4 Å². The molecule has 0 amide bonds. The second-order valence-corrected chi connectivity index (χ2v) is 5.90. The molecule has 0 radical (unpaired) electrons. The van der Waals surface area contributed by atoms with E-state index in [0.29, 0.717) is 18.8 Å². The van der Waals surface area contributed by atoms with E-state index in [1.165, 1.54) is 5.56 Å². The molecule has 2 aromatic rings. The molecule has 0 aliphatic rings. The summed E-state index contributed by atoms with van der Waals surface area (Å²) < 4.78 is 11.3. The van der Waals surface area contributed by atoms with Gasteiger partial charge in [0.15, 0.2) is 0 Å². The Balaban J connectivity index is 2.17. The number of hydrogen-bond acceptors (Lipinski definition) is 4. The second-order valence-electron chi connectivity index (χ2n) is 5.05. The second kappa shape index (κ2) is 8.63. The average Bonchev–Trinajstić information content (AvgIpc) is 2.60. The van der Waals surface area contributed by atoms with Gasteiger partial charge in [-0.2, -0.15) is 0 Å². The first-order valence-electron chi connectivity index (χ1n) is 7.76. The maximum atomic E-state index is 11.6. The maximum absolute atomic E-state index is 11.6. The highest BCUT2D eigenvalue weighted by Crippen LogP contribution is 2.30. The number of thioether (sulfide) groups is 1. The monoisotopic (exact) mass is 330 g/mol. The van der Waals surface area contributed by atoms with E-state index in [-0.39, 0.29) is 5.97 Å². The summed E-state index contributed by atoms with van der Waals surface area (Å²) in [7, 11) is 0. The summed E-state index contributed by atoms with van der Waals surface area (Å²) in [6.45, 7) is 4.28. The molecule has 0 aliphatic carbocycles. The summed E-state index contributed by atoms with van der Waals surface area (Å²) in [6.07, 6.45) is 3.36. The van der Waals surface area contributed by atoms with Gasteiger partial charge in [-0.1, -0.05) is 32.0 Å². The summed E-state index contributed by atoms with van der Waals surface area (Å²) in [5, 5.41) is 0. The Morgan fingerprint density at radius 1 is 1.09 bits per heavy atom. The first kappa shape index (κ1) is 17.4. The van der Waals surface area contributed by atoms with E-state index in [4.69, 9.17) is 9.47 Å². The molecular formula is C19H22O3S. The van der Waals surface area contributed by atoms with Crippen molar-refractivity contribution in [1.29, 1.82) is 0 Å². The Morgan fingerprint density at radius 2 is 1.83 bits per heavy atom. The average molecular weight is 330 g/mol. The molecule has 2 rings (SSSR count). The number of hydrogen-bond donors (Lipinski definition) is 0. The van der Waals surface area contributed by atoms with Crippen LogP contribution in [0, 0.1) is 0 Å². The van der Waals surface area contributed by atoms with Gasteiger partial charge >= 0.3 is 5.97 Å². The van der Waals surface area contributed by atoms with Crippen LogP contribution in [0.3, 0.4) is 0 Å². The quantitative estimate of drug-likeness (QED) is 0.412. The van der Waals surface area contributed by atoms with Crippen LogP contribution in [0.5, 0.6) is 11.5 Å². The van der Waals surface area contributed by atoms with Crippen molar-refractivity contribution < 1.29 is 14.3 Å². The molecule has 4 heteroatoms. The minimum atomic E-state index is -0.239. The lowest BCUT2D eigenvalue weighted by atomic mass is 10.2. The predicted octanol–water partition coefficient (Wildman–Crippen LogP) is 4.87. The molecule has 0 heterocycles. The molecule has 0 fully saturated rings. The van der Waals surface area contributed by atoms with Gasteiger partial charge in [-0.25, -0.2) is 0 Å². The first-order chi connectivity index (χ1) is 11.2. The smallest absolute Gasteiger partial charge is 0.310 e. The number of esters is 1. The highest BCUT2D eigenvalue weighted by atomic mass is 32.2. The van der Waals surface area contributed by atoms with Crippen LogP contribution >= 0.6 is 11.8 Å². The van der Waals surface area contributed by atoms with Crippen molar-refractivity contribution >= 4 is 17.7 Å². The third-order valence-corrected chi connectivity index (χ3v) is 4.36. The van der Waals surface area contributed by atoms with Crippen molar-refractivity contribution in [2.75, 3.05) is 6.26 Å². The summed E-state index contributed by atoms with van der Waals surface area (Å²) in [5.74, 6) is 1.15. The molecule has 0 saturated carbocycles. The number of ether oxygens (including phenoxy) is 2. The van der Waals surface area contributed by atoms with Crippen molar-refractivity contribution in [3.63, 3.8) is 0 Å². The normalized spacial score (nSPS) is 10.4. The third-order valence-electron chi connectivity index (χ3n) is 3.54. The van der Waals surface area contributed by atoms with Gasteiger partial charge in [0.1, 0.15) is 18.1 Å². The maximum Gasteiger partial charge on any atom is 0.310 e. The van der Waals surface area contributed by atoms with Gasteiger partial charge in [0.2, 0.25) is 0 Å². The number of rotatable bonds is 7. The molecule has 23 heavy (non-hydrogen) atoms. The standard InChI is InChI=1S/C19H22O3S/c1-4-14-9-11-15(12-10-14)21-13-16-17(22-19(20)5-2)7-6-8-18(16)23-3/h6-12H,4-5,13H2,1-3H3. The molecule has 3 nitrogen and oxygen atoms in total. The molecule has 2 aromatic carbocycles. The molecule has 0 bridgehead atoms. The summed E-state index contributed by atoms with van der Waals surface area (Å²) in [5.41, 5.74) is 2.18. The summed E-state index contributed by atoms with van der Waals surface area (Å²) >= 11 is 1.61. The zero-order valence-corrected chi connectivity index (χ0v) is 14.6. The van der Waals surface area contributed by atoms with E-state index in [0.717, 1.165) is 22.6 Å². The zero-order valence-electron chi connectivity index (χ0n) is 13.8. The zero-order chi connectivity index (χ0) is 16.7. The van der Waals surface area contributed by atoms with Crippen molar-refractivity contribution in [2.45, 2.75) is 38.2 Å². The third kappa shape index (κ3) is 4.76. The number of benzene rings is 2. The molecule has 0 aliphatic heterocycles. The number of carbonyl (C=O) groups excluding carboxylic acids is 1. The Bertz CT molecular complexity index is 650. The predicted molar refractivity (Wildman–Crippen MR) is 94.3 cm³/mol. The van der Waals surface area contributed by atoms with Crippen LogP contribution in [0.15, 0.2) is 47.4 Å². The van der Waals surface area contributed by atoms with E-state index in [2.05, 4.69) is 19.1 Å². The minimum Gasteiger partial charge on any atom is -0.489 e. The minimum absolute atomic E-state index is 0.239. The highest BCUT2D eigenvalue weighted by Gasteiger charge is 2.13. The molecule has 0 N–H and O–H groups in total. The molecule has 0 saturated heterocycles. The van der Waals surface area contributed by atoms with Gasteiger partial charge in [0.25, 0.3) is 0 Å². The van der Waals surface area contributed by atoms with Gasteiger partial charge < -0.3 is 9.47 Å². The van der Waals surface area contributed by atoms with Gasteiger partial charge in [0, 0.05) is 16.9 Å². The fourth-order valence-corrected chi connectivity index (χ4v) is 2.77. The Kier molecular flexibility index (Phi) is 6.53. The van der Waals surface area contributed by atoms with Gasteiger partial charge in [-0.15, -0.1) is 11.8 Å². The van der Waals surface area contributed by atoms with Crippen molar-refractivity contribution in [2.24, 2.45) is 0 Å². The fraction of sp³-hybridized carbons (Fsp3) is 0.316. The first-order valence-corrected chi connectivity index (χ1v) is 8.98. The lowest BCUT2D eigenvalue weighted by Gasteiger charge is -2.14. The molecule has 0 atom stereocenters. The van der Waals surface area contributed by atoms with Gasteiger partial charge in [-0.05, 0) is 42.5 Å². The van der Waals surface area contributed by atoms with E-state index in [1.54, 1.807) is 18.7 Å². The van der Waals surface area contributed by atoms with Crippen LogP contribution in [0.4, 0.5) is 0 Å². The number of aryl methyl sites for hydroxylation is 1. The Hall–Kier alpha value is -1.94. The fourth-order valence-electron chi connectivity index (χ4n) is 2.15. The van der Waals surface area contributed by atoms with Gasteiger partial charge in [-0.3, -0.25) is 4.79 Å². The van der Waals surface area contributed by atoms with E-state index in [1.807, 2.05) is 36.6 Å². The Morgan fingerprint density at radius 3 is 2.43 bits per heavy atom. The molecule has 0 aromatic heterocycles. The molecular weight excluding hydrogens is 308 g/mol. The molecule has 0 spiro atoms. The summed E-state index contributed by atoms with van der Waals surface area (Å²) in [6, 6.07) is 13.8. The van der Waals surface area contributed by atoms with Crippen molar-refractivity contribution in [3.05, 3.63) is 53.6 Å². The number of carbonyl (C=O) groups is 1. The van der Waals surface area contributed by atoms with Crippen LogP contribution in [0.25, 0.3) is 0 Å². The van der Waals surface area contributed by atoms with Crippen molar-refractivity contribution in [3.8, 4) is 11.5 Å². The SMILES string of the molecule is CCC(=O)Oc1cccc(SC)c1COc1ccc(CC)cc1. The van der Waals surface area contributed by atoms with E-state index in [9.17, 15) is 4.79 Å². The van der Waals surface area contributed by atoms with Gasteiger partial charge in [0.05, 0.1) is 0 Å². The van der Waals surface area contributed by atoms with Crippen molar-refractivity contribution in [1.82, 2.24) is 0 Å². The lowest BCUT2D eigenvalue weighted by Crippen LogP contribution is -2.09. The topological polar surface area (TPSA) is 35.5 Å². The van der Waals surface area contributed by atoms with Crippen LogP contribution in [-0.4, -0.2) is 12.2 Å². The van der Waals surface area contributed by atoms with Crippen LogP contribution in [-0.2, 0) is 17.8 Å². The molecule has 122 valence electrons.